The van der Waals surface area contributed by atoms with E-state index >= 15 is 0 Å². The molecule has 164 valence electrons. The van der Waals surface area contributed by atoms with Crippen LogP contribution >= 0.6 is 23.1 Å². The van der Waals surface area contributed by atoms with E-state index in [1.54, 1.807) is 60.7 Å². The SMILES string of the molecule is COc1ccc(OC)c(NC(=O)COc2cc(CSc3nc(C)cs3)ncc2OC)c1. The molecule has 1 amide bonds. The highest BCUT2D eigenvalue weighted by Gasteiger charge is 2.13. The zero-order valence-corrected chi connectivity index (χ0v) is 19.3. The van der Waals surface area contributed by atoms with Gasteiger partial charge in [-0.1, -0.05) is 11.8 Å². The first-order valence-electron chi connectivity index (χ1n) is 9.25. The van der Waals surface area contributed by atoms with Gasteiger partial charge < -0.3 is 24.3 Å². The molecule has 1 aromatic carbocycles. The van der Waals surface area contributed by atoms with Gasteiger partial charge in [-0.15, -0.1) is 11.3 Å². The molecule has 31 heavy (non-hydrogen) atoms. The van der Waals surface area contributed by atoms with Crippen molar-refractivity contribution in [3.8, 4) is 23.0 Å². The number of hydrogen-bond acceptors (Lipinski definition) is 9. The summed E-state index contributed by atoms with van der Waals surface area (Å²) in [6, 6.07) is 6.92. The molecule has 0 saturated heterocycles. The van der Waals surface area contributed by atoms with Gasteiger partial charge >= 0.3 is 0 Å². The van der Waals surface area contributed by atoms with E-state index in [4.69, 9.17) is 18.9 Å². The summed E-state index contributed by atoms with van der Waals surface area (Å²) in [6.07, 6.45) is 1.58. The number of ether oxygens (including phenoxy) is 4. The third-order valence-corrected chi connectivity index (χ3v) is 6.26. The number of nitrogens with one attached hydrogen (secondary N) is 1. The van der Waals surface area contributed by atoms with Crippen molar-refractivity contribution in [3.05, 3.63) is 47.2 Å². The smallest absolute Gasteiger partial charge is 0.262 e. The van der Waals surface area contributed by atoms with Crippen LogP contribution in [0.1, 0.15) is 11.4 Å². The van der Waals surface area contributed by atoms with Gasteiger partial charge in [0, 0.05) is 29.0 Å². The zero-order chi connectivity index (χ0) is 22.2. The molecule has 0 saturated carbocycles. The Morgan fingerprint density at radius 3 is 2.58 bits per heavy atom. The fourth-order valence-corrected chi connectivity index (χ4v) is 4.34. The largest absolute Gasteiger partial charge is 0.497 e. The Labute approximate surface area is 188 Å². The quantitative estimate of drug-likeness (QED) is 0.450. The van der Waals surface area contributed by atoms with Crippen molar-refractivity contribution in [1.82, 2.24) is 9.97 Å². The topological polar surface area (TPSA) is 91.8 Å². The van der Waals surface area contributed by atoms with Gasteiger partial charge in [0.25, 0.3) is 5.91 Å². The first-order chi connectivity index (χ1) is 15.0. The molecule has 0 aliphatic heterocycles. The molecule has 0 fully saturated rings. The summed E-state index contributed by atoms with van der Waals surface area (Å²) < 4.78 is 22.5. The Bertz CT molecular complexity index is 1040. The Kier molecular flexibility index (Phi) is 7.96. The molecule has 3 rings (SSSR count). The lowest BCUT2D eigenvalue weighted by Gasteiger charge is -2.14. The first kappa shape index (κ1) is 22.7. The van der Waals surface area contributed by atoms with Crippen LogP contribution in [0.3, 0.4) is 0 Å². The van der Waals surface area contributed by atoms with Gasteiger partial charge in [-0.3, -0.25) is 9.78 Å². The second-order valence-corrected chi connectivity index (χ2v) is 8.35. The number of amides is 1. The van der Waals surface area contributed by atoms with Crippen LogP contribution in [0.25, 0.3) is 0 Å². The zero-order valence-electron chi connectivity index (χ0n) is 17.6. The highest BCUT2D eigenvalue weighted by atomic mass is 32.2. The number of aromatic nitrogens is 2. The van der Waals surface area contributed by atoms with Crippen LogP contribution < -0.4 is 24.3 Å². The molecular formula is C21H23N3O5S2. The minimum absolute atomic E-state index is 0.209. The molecule has 8 nitrogen and oxygen atoms in total. The standard InChI is InChI=1S/C21H23N3O5S2/c1-13-11-30-21(23-13)31-12-14-7-18(19(28-4)9-22-14)29-10-20(25)24-16-8-15(26-2)5-6-17(16)27-3/h5-9,11H,10,12H2,1-4H3,(H,24,25). The van der Waals surface area contributed by atoms with Gasteiger partial charge in [0.2, 0.25) is 0 Å². The molecule has 0 aliphatic carbocycles. The third kappa shape index (κ3) is 6.25. The van der Waals surface area contributed by atoms with Crippen molar-refractivity contribution in [3.63, 3.8) is 0 Å². The average molecular weight is 462 g/mol. The molecular weight excluding hydrogens is 438 g/mol. The minimum Gasteiger partial charge on any atom is -0.497 e. The summed E-state index contributed by atoms with van der Waals surface area (Å²) in [5, 5.41) is 4.78. The number of thiazole rings is 1. The summed E-state index contributed by atoms with van der Waals surface area (Å²) in [5.41, 5.74) is 2.29. The first-order valence-corrected chi connectivity index (χ1v) is 11.1. The van der Waals surface area contributed by atoms with Gasteiger partial charge in [-0.2, -0.15) is 0 Å². The Morgan fingerprint density at radius 2 is 1.90 bits per heavy atom. The third-order valence-electron chi connectivity index (χ3n) is 4.09. The lowest BCUT2D eigenvalue weighted by molar-refractivity contribution is -0.118. The summed E-state index contributed by atoms with van der Waals surface area (Å²) >= 11 is 3.19. The summed E-state index contributed by atoms with van der Waals surface area (Å²) in [6.45, 7) is 1.75. The molecule has 0 radical (unpaired) electrons. The van der Waals surface area contributed by atoms with Crippen LogP contribution in [0.15, 0.2) is 40.2 Å². The maximum atomic E-state index is 12.5. The Balaban J connectivity index is 1.64. The highest BCUT2D eigenvalue weighted by molar-refractivity contribution is 8.00. The van der Waals surface area contributed by atoms with Crippen molar-refractivity contribution in [1.29, 1.82) is 0 Å². The number of methoxy groups -OCH3 is 3. The fraction of sp³-hybridized carbons (Fsp3) is 0.286. The Hall–Kier alpha value is -2.98. The van der Waals surface area contributed by atoms with Crippen LogP contribution in [0.4, 0.5) is 5.69 Å². The summed E-state index contributed by atoms with van der Waals surface area (Å²) in [7, 11) is 4.61. The molecule has 10 heteroatoms. The number of pyridine rings is 1. The van der Waals surface area contributed by atoms with Crippen molar-refractivity contribution >= 4 is 34.7 Å². The number of benzene rings is 1. The monoisotopic (exact) mass is 461 g/mol. The van der Waals surface area contributed by atoms with Gasteiger partial charge in [-0.25, -0.2) is 4.98 Å². The van der Waals surface area contributed by atoms with Gasteiger partial charge in [0.1, 0.15) is 15.8 Å². The average Bonchev–Trinajstić information content (AvgIpc) is 3.21. The van der Waals surface area contributed by atoms with Crippen molar-refractivity contribution in [2.45, 2.75) is 17.0 Å². The molecule has 0 aliphatic rings. The van der Waals surface area contributed by atoms with Gasteiger partial charge in [0.15, 0.2) is 18.1 Å². The van der Waals surface area contributed by atoms with Gasteiger partial charge in [-0.05, 0) is 19.1 Å². The van der Waals surface area contributed by atoms with Crippen LogP contribution in [-0.2, 0) is 10.5 Å². The predicted octanol–water partition coefficient (Wildman–Crippen LogP) is 4.18. The molecule has 2 heterocycles. The molecule has 2 aromatic heterocycles. The van der Waals surface area contributed by atoms with E-state index in [0.717, 1.165) is 15.7 Å². The van der Waals surface area contributed by atoms with Crippen molar-refractivity contribution < 1.29 is 23.7 Å². The van der Waals surface area contributed by atoms with E-state index in [-0.39, 0.29) is 12.5 Å². The predicted molar refractivity (Wildman–Crippen MR) is 121 cm³/mol. The normalized spacial score (nSPS) is 10.5. The maximum absolute atomic E-state index is 12.5. The number of aryl methyl sites for hydroxylation is 1. The molecule has 0 atom stereocenters. The number of carbonyl (C=O) groups excluding carboxylic acids is 1. The minimum atomic E-state index is -0.348. The van der Waals surface area contributed by atoms with E-state index in [0.29, 0.717) is 34.4 Å². The molecule has 1 N–H and O–H groups in total. The second-order valence-electron chi connectivity index (χ2n) is 6.27. The van der Waals surface area contributed by atoms with Crippen LogP contribution in [-0.4, -0.2) is 43.8 Å². The van der Waals surface area contributed by atoms with E-state index in [9.17, 15) is 4.79 Å². The van der Waals surface area contributed by atoms with Gasteiger partial charge in [0.05, 0.1) is 38.9 Å². The van der Waals surface area contributed by atoms with E-state index in [1.165, 1.54) is 14.2 Å². The van der Waals surface area contributed by atoms with Crippen molar-refractivity contribution in [2.24, 2.45) is 0 Å². The molecule has 0 unspecified atom stereocenters. The number of thioether (sulfide) groups is 1. The van der Waals surface area contributed by atoms with E-state index in [2.05, 4.69) is 15.3 Å². The number of rotatable bonds is 10. The second kappa shape index (κ2) is 10.9. The summed E-state index contributed by atoms with van der Waals surface area (Å²) in [4.78, 5) is 21.3. The number of nitrogens with zero attached hydrogens (tertiary/aromatic N) is 2. The Morgan fingerprint density at radius 1 is 1.10 bits per heavy atom. The summed E-state index contributed by atoms with van der Waals surface area (Å²) in [5.74, 6) is 2.29. The maximum Gasteiger partial charge on any atom is 0.262 e. The van der Waals surface area contributed by atoms with E-state index < -0.39 is 0 Å². The van der Waals surface area contributed by atoms with Crippen LogP contribution in [0.2, 0.25) is 0 Å². The lowest BCUT2D eigenvalue weighted by Crippen LogP contribution is -2.20. The number of carbonyl (C=O) groups is 1. The van der Waals surface area contributed by atoms with Crippen LogP contribution in [0.5, 0.6) is 23.0 Å². The molecule has 0 spiro atoms. The molecule has 0 bridgehead atoms. The highest BCUT2D eigenvalue weighted by Crippen LogP contribution is 2.31. The molecule has 3 aromatic rings. The number of hydrogen-bond donors (Lipinski definition) is 1. The number of anilines is 1. The fourth-order valence-electron chi connectivity index (χ4n) is 2.59. The van der Waals surface area contributed by atoms with E-state index in [1.807, 2.05) is 12.3 Å². The van der Waals surface area contributed by atoms with Crippen molar-refractivity contribution in [2.75, 3.05) is 33.3 Å². The lowest BCUT2D eigenvalue weighted by atomic mass is 10.2. The van der Waals surface area contributed by atoms with Crippen LogP contribution in [0, 0.1) is 6.92 Å².